The fourth-order valence-corrected chi connectivity index (χ4v) is 4.72. The minimum absolute atomic E-state index is 0.0307. The van der Waals surface area contributed by atoms with Gasteiger partial charge in [0.05, 0.1) is 17.0 Å². The van der Waals surface area contributed by atoms with Crippen molar-refractivity contribution in [3.05, 3.63) is 24.3 Å². The van der Waals surface area contributed by atoms with E-state index in [1.165, 1.54) is 12.1 Å². The number of thiocarbonyl (C=S) groups is 1. The molecule has 0 spiro atoms. The van der Waals surface area contributed by atoms with Crippen LogP contribution < -0.4 is 15.4 Å². The van der Waals surface area contributed by atoms with Crippen LogP contribution in [0.5, 0.6) is 5.75 Å². The van der Waals surface area contributed by atoms with Crippen molar-refractivity contribution in [3.8, 4) is 5.75 Å². The summed E-state index contributed by atoms with van der Waals surface area (Å²) >= 11 is 5.15. The molecule has 1 aromatic carbocycles. The van der Waals surface area contributed by atoms with Crippen molar-refractivity contribution in [2.45, 2.75) is 25.5 Å². The van der Waals surface area contributed by atoms with Crippen LogP contribution in [-0.4, -0.2) is 37.2 Å². The molecule has 1 aliphatic rings. The summed E-state index contributed by atoms with van der Waals surface area (Å²) in [6.45, 7) is -1.07. The molecule has 1 aliphatic heterocycles. The summed E-state index contributed by atoms with van der Waals surface area (Å²) < 4.78 is 51.4. The van der Waals surface area contributed by atoms with Gasteiger partial charge in [-0.25, -0.2) is 8.42 Å². The summed E-state index contributed by atoms with van der Waals surface area (Å²) in [5.41, 5.74) is -0.00895. The summed E-state index contributed by atoms with van der Waals surface area (Å²) in [6.07, 6.45) is 0.484. The molecule has 1 fully saturated rings. The lowest BCUT2D eigenvalue weighted by atomic mass is 10.0. The maximum Gasteiger partial charge on any atom is 0.387 e. The summed E-state index contributed by atoms with van der Waals surface area (Å²) in [7, 11) is -3.03. The zero-order chi connectivity index (χ0) is 16.4. The number of halogens is 2. The van der Waals surface area contributed by atoms with Crippen LogP contribution in [0.3, 0.4) is 0 Å². The van der Waals surface area contributed by atoms with E-state index in [1.807, 2.05) is 0 Å². The van der Waals surface area contributed by atoms with Crippen molar-refractivity contribution in [3.63, 3.8) is 0 Å². The van der Waals surface area contributed by atoms with Crippen molar-refractivity contribution in [1.82, 2.24) is 5.32 Å². The zero-order valence-corrected chi connectivity index (χ0v) is 13.4. The number of nitrogens with one attached hydrogen (secondary N) is 2. The maximum atomic E-state index is 12.0. The highest BCUT2D eigenvalue weighted by Crippen LogP contribution is 2.23. The molecule has 0 aromatic heterocycles. The van der Waals surface area contributed by atoms with Gasteiger partial charge in [0.2, 0.25) is 0 Å². The average Bonchev–Trinajstić information content (AvgIpc) is 2.64. The third-order valence-corrected chi connectivity index (χ3v) is 5.36. The number of alkyl halides is 2. The molecule has 2 rings (SSSR count). The Labute approximate surface area is 133 Å². The minimum Gasteiger partial charge on any atom is -0.435 e. The number of hydrogen-bond acceptors (Lipinski definition) is 4. The molecule has 0 amide bonds. The van der Waals surface area contributed by atoms with Gasteiger partial charge in [-0.3, -0.25) is 0 Å². The second kappa shape index (κ2) is 6.33. The predicted molar refractivity (Wildman–Crippen MR) is 84.1 cm³/mol. The average molecular weight is 350 g/mol. The van der Waals surface area contributed by atoms with E-state index in [9.17, 15) is 17.2 Å². The van der Waals surface area contributed by atoms with Gasteiger partial charge in [-0.15, -0.1) is 0 Å². The van der Waals surface area contributed by atoms with E-state index in [0.717, 1.165) is 0 Å². The lowest BCUT2D eigenvalue weighted by molar-refractivity contribution is -0.0498. The van der Waals surface area contributed by atoms with Gasteiger partial charge in [-0.2, -0.15) is 8.78 Å². The second-order valence-corrected chi connectivity index (χ2v) is 7.98. The highest BCUT2D eigenvalue weighted by Gasteiger charge is 2.38. The smallest absolute Gasteiger partial charge is 0.387 e. The molecule has 1 atom stereocenters. The molecule has 1 saturated heterocycles. The van der Waals surface area contributed by atoms with Crippen LogP contribution in [0.1, 0.15) is 13.3 Å². The van der Waals surface area contributed by atoms with Crippen LogP contribution in [0, 0.1) is 0 Å². The van der Waals surface area contributed by atoms with Gasteiger partial charge in [0.15, 0.2) is 14.9 Å². The molecule has 122 valence electrons. The van der Waals surface area contributed by atoms with Gasteiger partial charge in [0, 0.05) is 5.69 Å². The summed E-state index contributed by atoms with van der Waals surface area (Å²) in [6, 6.07) is 5.86. The number of benzene rings is 1. The van der Waals surface area contributed by atoms with Crippen LogP contribution in [0.15, 0.2) is 24.3 Å². The minimum atomic E-state index is -3.03. The molecule has 2 N–H and O–H groups in total. The molecule has 0 saturated carbocycles. The fraction of sp³-hybridized carbons (Fsp3) is 0.462. The second-order valence-electron chi connectivity index (χ2n) is 5.38. The monoisotopic (exact) mass is 350 g/mol. The first-order chi connectivity index (χ1) is 10.2. The summed E-state index contributed by atoms with van der Waals surface area (Å²) in [5.74, 6) is 0.218. The van der Waals surface area contributed by atoms with Crippen LogP contribution in [0.4, 0.5) is 14.5 Å². The lowest BCUT2D eigenvalue weighted by Gasteiger charge is -2.26. The lowest BCUT2D eigenvalue weighted by Crippen LogP contribution is -2.48. The number of ether oxygens (including phenoxy) is 1. The molecule has 5 nitrogen and oxygen atoms in total. The molecule has 0 bridgehead atoms. The molecular formula is C13H16F2N2O3S2. The highest BCUT2D eigenvalue weighted by atomic mass is 32.2. The van der Waals surface area contributed by atoms with Crippen molar-refractivity contribution < 1.29 is 21.9 Å². The SMILES string of the molecule is C[C@]1(NC(=S)Nc2ccc(OC(F)F)cc2)CCS(=O)(=O)C1. The third-order valence-electron chi connectivity index (χ3n) is 3.26. The summed E-state index contributed by atoms with van der Waals surface area (Å²) in [4.78, 5) is 0. The molecule has 22 heavy (non-hydrogen) atoms. The molecule has 0 aliphatic carbocycles. The molecular weight excluding hydrogens is 334 g/mol. The van der Waals surface area contributed by atoms with Gasteiger partial charge in [0.25, 0.3) is 0 Å². The molecule has 1 heterocycles. The first kappa shape index (κ1) is 16.9. The van der Waals surface area contributed by atoms with Crippen molar-refractivity contribution >= 4 is 32.9 Å². The van der Waals surface area contributed by atoms with Gasteiger partial charge in [-0.1, -0.05) is 0 Å². The molecule has 0 unspecified atom stereocenters. The zero-order valence-electron chi connectivity index (χ0n) is 11.8. The molecule has 9 heteroatoms. The van der Waals surface area contributed by atoms with E-state index in [4.69, 9.17) is 12.2 Å². The standard InChI is InChI=1S/C13H16F2N2O3S2/c1-13(6-7-22(18,19)8-13)17-12(21)16-9-2-4-10(5-3-9)20-11(14)15/h2-5,11H,6-8H2,1H3,(H2,16,17,21)/t13-/m0/s1. The largest absolute Gasteiger partial charge is 0.435 e. The van der Waals surface area contributed by atoms with Crippen molar-refractivity contribution in [2.75, 3.05) is 16.8 Å². The number of sulfone groups is 1. The van der Waals surface area contributed by atoms with Crippen LogP contribution in [-0.2, 0) is 9.84 Å². The molecule has 1 aromatic rings. The van der Waals surface area contributed by atoms with E-state index in [2.05, 4.69) is 15.4 Å². The van der Waals surface area contributed by atoms with Crippen LogP contribution in [0.2, 0.25) is 0 Å². The third kappa shape index (κ3) is 4.77. The van der Waals surface area contributed by atoms with Gasteiger partial charge >= 0.3 is 6.61 Å². The highest BCUT2D eigenvalue weighted by molar-refractivity contribution is 7.91. The Balaban J connectivity index is 1.92. The van der Waals surface area contributed by atoms with E-state index >= 15 is 0 Å². The van der Waals surface area contributed by atoms with E-state index in [1.54, 1.807) is 19.1 Å². The first-order valence-electron chi connectivity index (χ1n) is 6.52. The normalized spacial score (nSPS) is 23.3. The van der Waals surface area contributed by atoms with Gasteiger partial charge in [0.1, 0.15) is 5.75 Å². The van der Waals surface area contributed by atoms with E-state index in [-0.39, 0.29) is 22.4 Å². The van der Waals surface area contributed by atoms with Crippen molar-refractivity contribution in [2.24, 2.45) is 0 Å². The summed E-state index contributed by atoms with van der Waals surface area (Å²) in [5, 5.41) is 6.16. The fourth-order valence-electron chi connectivity index (χ4n) is 2.27. The van der Waals surface area contributed by atoms with E-state index in [0.29, 0.717) is 12.1 Å². The Morgan fingerprint density at radius 2 is 2.00 bits per heavy atom. The van der Waals surface area contributed by atoms with E-state index < -0.39 is 22.0 Å². The van der Waals surface area contributed by atoms with Crippen LogP contribution >= 0.6 is 12.2 Å². The first-order valence-corrected chi connectivity index (χ1v) is 8.75. The quantitative estimate of drug-likeness (QED) is 0.811. The van der Waals surface area contributed by atoms with Gasteiger partial charge < -0.3 is 15.4 Å². The van der Waals surface area contributed by atoms with Crippen LogP contribution in [0.25, 0.3) is 0 Å². The Kier molecular flexibility index (Phi) is 4.86. The Morgan fingerprint density at radius 3 is 2.50 bits per heavy atom. The van der Waals surface area contributed by atoms with Crippen molar-refractivity contribution in [1.29, 1.82) is 0 Å². The Morgan fingerprint density at radius 1 is 1.36 bits per heavy atom. The topological polar surface area (TPSA) is 67.4 Å². The number of anilines is 1. The maximum absolute atomic E-state index is 12.0. The Hall–Kier alpha value is -1.48. The number of hydrogen-bond donors (Lipinski definition) is 2. The van der Waals surface area contributed by atoms with Gasteiger partial charge in [-0.05, 0) is 49.8 Å². The molecule has 0 radical (unpaired) electrons. The predicted octanol–water partition coefficient (Wildman–Crippen LogP) is 2.15. The Bertz CT molecular complexity index is 650. The number of rotatable bonds is 4.